The van der Waals surface area contributed by atoms with Crippen molar-refractivity contribution in [3.8, 4) is 0 Å². The molecule has 0 saturated carbocycles. The van der Waals surface area contributed by atoms with E-state index in [2.05, 4.69) is 0 Å². The van der Waals surface area contributed by atoms with Crippen LogP contribution in [-0.2, 0) is 4.79 Å². The third-order valence-corrected chi connectivity index (χ3v) is 3.17. The van der Waals surface area contributed by atoms with Gasteiger partial charge in [0.25, 0.3) is 0 Å². The Morgan fingerprint density at radius 3 is 2.44 bits per heavy atom. The van der Waals surface area contributed by atoms with Crippen molar-refractivity contribution in [1.29, 1.82) is 0 Å². The van der Waals surface area contributed by atoms with Gasteiger partial charge in [0, 0.05) is 4.90 Å². The lowest BCUT2D eigenvalue weighted by atomic mass is 10.3. The van der Waals surface area contributed by atoms with Gasteiger partial charge in [-0.25, -0.2) is 8.78 Å². The lowest BCUT2D eigenvalue weighted by Gasteiger charge is -2.18. The molecule has 1 N–H and O–H groups in total. The van der Waals surface area contributed by atoms with Crippen molar-refractivity contribution in [3.05, 3.63) is 29.8 Å². The molecule has 2 nitrogen and oxygen atoms in total. The van der Waals surface area contributed by atoms with Crippen molar-refractivity contribution >= 4 is 17.7 Å². The molecule has 0 aliphatic rings. The summed E-state index contributed by atoms with van der Waals surface area (Å²) in [6, 6.07) is 2.05. The van der Waals surface area contributed by atoms with Gasteiger partial charge in [-0.15, -0.1) is 11.8 Å². The molecule has 0 fully saturated rings. The standard InChI is InChI=1S/C10H7F5O2S/c11-5-1-2-6(12)7(3-5)18-8(4-9(16)17)10(13,14)15/h1-3,8H,4H2,(H,16,17). The third-order valence-electron chi connectivity index (χ3n) is 1.89. The minimum absolute atomic E-state index is 0.0561. The number of hydrogen-bond donors (Lipinski definition) is 1. The highest BCUT2D eigenvalue weighted by atomic mass is 32.2. The fourth-order valence-electron chi connectivity index (χ4n) is 1.10. The quantitative estimate of drug-likeness (QED) is 0.680. The fourth-order valence-corrected chi connectivity index (χ4v) is 2.13. The van der Waals surface area contributed by atoms with Gasteiger partial charge in [0.2, 0.25) is 0 Å². The van der Waals surface area contributed by atoms with Gasteiger partial charge in [0.1, 0.15) is 16.9 Å². The predicted molar refractivity (Wildman–Crippen MR) is 54.3 cm³/mol. The number of alkyl halides is 3. The zero-order valence-corrected chi connectivity index (χ0v) is 9.49. The number of benzene rings is 1. The molecule has 100 valence electrons. The van der Waals surface area contributed by atoms with Crippen LogP contribution in [0.2, 0.25) is 0 Å². The first kappa shape index (κ1) is 14.7. The molecule has 0 saturated heterocycles. The molecule has 1 atom stereocenters. The molecule has 0 amide bonds. The van der Waals surface area contributed by atoms with Crippen molar-refractivity contribution < 1.29 is 31.9 Å². The second-order valence-corrected chi connectivity index (χ2v) is 4.57. The average molecular weight is 286 g/mol. The number of thioether (sulfide) groups is 1. The van der Waals surface area contributed by atoms with E-state index in [9.17, 15) is 26.7 Å². The maximum atomic E-state index is 13.2. The van der Waals surface area contributed by atoms with Crippen molar-refractivity contribution in [2.45, 2.75) is 22.7 Å². The Labute approximate surface area is 103 Å². The first-order valence-corrected chi connectivity index (χ1v) is 5.48. The number of carboxylic acids is 1. The number of rotatable bonds is 4. The number of carboxylic acid groups (broad SMARTS) is 1. The van der Waals surface area contributed by atoms with E-state index in [1.165, 1.54) is 0 Å². The van der Waals surface area contributed by atoms with Gasteiger partial charge < -0.3 is 5.11 Å². The lowest BCUT2D eigenvalue weighted by Crippen LogP contribution is -2.28. The summed E-state index contributed by atoms with van der Waals surface area (Å²) in [4.78, 5) is 9.75. The first-order chi connectivity index (χ1) is 8.20. The summed E-state index contributed by atoms with van der Waals surface area (Å²) in [6.07, 6.45) is -6.04. The van der Waals surface area contributed by atoms with Crippen molar-refractivity contribution in [1.82, 2.24) is 0 Å². The SMILES string of the molecule is O=C(O)CC(Sc1cc(F)ccc1F)C(F)(F)F. The number of aliphatic carboxylic acids is 1. The van der Waals surface area contributed by atoms with E-state index >= 15 is 0 Å². The Morgan fingerprint density at radius 1 is 1.33 bits per heavy atom. The summed E-state index contributed by atoms with van der Waals surface area (Å²) < 4.78 is 63.4. The van der Waals surface area contributed by atoms with Crippen LogP contribution in [0.1, 0.15) is 6.42 Å². The van der Waals surface area contributed by atoms with E-state index < -0.39 is 40.3 Å². The van der Waals surface area contributed by atoms with E-state index in [0.29, 0.717) is 12.1 Å². The van der Waals surface area contributed by atoms with Crippen LogP contribution in [0.25, 0.3) is 0 Å². The van der Waals surface area contributed by atoms with Gasteiger partial charge in [-0.2, -0.15) is 13.2 Å². The van der Waals surface area contributed by atoms with Crippen LogP contribution in [0.3, 0.4) is 0 Å². The molecule has 1 aromatic carbocycles. The van der Waals surface area contributed by atoms with E-state index in [1.54, 1.807) is 0 Å². The normalized spacial score (nSPS) is 13.4. The first-order valence-electron chi connectivity index (χ1n) is 4.60. The lowest BCUT2D eigenvalue weighted by molar-refractivity contribution is -0.149. The fraction of sp³-hybridized carbons (Fsp3) is 0.300. The molecule has 1 aromatic rings. The molecule has 0 radical (unpaired) electrons. The molecule has 0 spiro atoms. The molecule has 0 aliphatic heterocycles. The van der Waals surface area contributed by atoms with Crippen LogP contribution < -0.4 is 0 Å². The van der Waals surface area contributed by atoms with Crippen LogP contribution in [0, 0.1) is 11.6 Å². The topological polar surface area (TPSA) is 37.3 Å². The Hall–Kier alpha value is -1.31. The summed E-state index contributed by atoms with van der Waals surface area (Å²) in [5.74, 6) is -3.59. The van der Waals surface area contributed by atoms with Crippen LogP contribution in [-0.4, -0.2) is 22.5 Å². The van der Waals surface area contributed by atoms with Crippen LogP contribution in [0.4, 0.5) is 22.0 Å². The van der Waals surface area contributed by atoms with Gasteiger partial charge in [-0.1, -0.05) is 0 Å². The van der Waals surface area contributed by atoms with Crippen molar-refractivity contribution in [2.75, 3.05) is 0 Å². The van der Waals surface area contributed by atoms with Crippen LogP contribution in [0.15, 0.2) is 23.1 Å². The molecule has 0 heterocycles. The Kier molecular flexibility index (Phi) is 4.55. The van der Waals surface area contributed by atoms with E-state index in [-0.39, 0.29) is 11.8 Å². The Morgan fingerprint density at radius 2 is 1.94 bits per heavy atom. The Bertz CT molecular complexity index is 446. The van der Waals surface area contributed by atoms with Crippen LogP contribution in [0.5, 0.6) is 0 Å². The number of carbonyl (C=O) groups is 1. The minimum atomic E-state index is -4.82. The maximum Gasteiger partial charge on any atom is 0.401 e. The molecular weight excluding hydrogens is 279 g/mol. The van der Waals surface area contributed by atoms with Gasteiger partial charge in [0.05, 0.1) is 6.42 Å². The summed E-state index contributed by atoms with van der Waals surface area (Å²) in [5.41, 5.74) is 0. The third kappa shape index (κ3) is 4.17. The largest absolute Gasteiger partial charge is 0.481 e. The molecule has 0 bridgehead atoms. The van der Waals surface area contributed by atoms with Gasteiger partial charge in [-0.3, -0.25) is 4.79 Å². The molecule has 0 aliphatic carbocycles. The zero-order chi connectivity index (χ0) is 13.9. The smallest absolute Gasteiger partial charge is 0.401 e. The molecule has 8 heteroatoms. The number of hydrogen-bond acceptors (Lipinski definition) is 2. The zero-order valence-electron chi connectivity index (χ0n) is 8.67. The highest BCUT2D eigenvalue weighted by Gasteiger charge is 2.42. The van der Waals surface area contributed by atoms with Crippen molar-refractivity contribution in [2.24, 2.45) is 0 Å². The summed E-state index contributed by atoms with van der Waals surface area (Å²) in [5, 5.41) is 6.04. The molecule has 18 heavy (non-hydrogen) atoms. The highest BCUT2D eigenvalue weighted by molar-refractivity contribution is 8.00. The van der Waals surface area contributed by atoms with E-state index in [4.69, 9.17) is 5.11 Å². The van der Waals surface area contributed by atoms with Gasteiger partial charge in [0.15, 0.2) is 0 Å². The second kappa shape index (κ2) is 5.55. The molecule has 1 unspecified atom stereocenters. The highest BCUT2D eigenvalue weighted by Crippen LogP contribution is 2.38. The van der Waals surface area contributed by atoms with Crippen molar-refractivity contribution in [3.63, 3.8) is 0 Å². The summed E-state index contributed by atoms with van der Waals surface area (Å²) in [7, 11) is 0. The maximum absolute atomic E-state index is 13.2. The Balaban J connectivity index is 2.96. The van der Waals surface area contributed by atoms with Gasteiger partial charge >= 0.3 is 12.1 Å². The monoisotopic (exact) mass is 286 g/mol. The molecular formula is C10H7F5O2S. The second-order valence-electron chi connectivity index (χ2n) is 3.32. The molecule has 0 aromatic heterocycles. The predicted octanol–water partition coefficient (Wildman–Crippen LogP) is 3.46. The molecule has 1 rings (SSSR count). The average Bonchev–Trinajstić information content (AvgIpc) is 2.20. The summed E-state index contributed by atoms with van der Waals surface area (Å²) in [6.45, 7) is 0. The van der Waals surface area contributed by atoms with Gasteiger partial charge in [-0.05, 0) is 18.2 Å². The summed E-state index contributed by atoms with van der Waals surface area (Å²) >= 11 is -0.0561. The minimum Gasteiger partial charge on any atom is -0.481 e. The van der Waals surface area contributed by atoms with E-state index in [1.807, 2.05) is 0 Å². The van der Waals surface area contributed by atoms with E-state index in [0.717, 1.165) is 6.07 Å². The van der Waals surface area contributed by atoms with Crippen LogP contribution >= 0.6 is 11.8 Å². The number of halogens is 5.